The van der Waals surface area contributed by atoms with Gasteiger partial charge in [-0.05, 0) is 42.3 Å². The molecule has 2 aromatic rings. The molecule has 0 aliphatic heterocycles. The number of carbonyl (C=O) groups is 1. The Labute approximate surface area is 122 Å². The molecule has 0 unspecified atom stereocenters. The van der Waals surface area contributed by atoms with Crippen LogP contribution in [0.15, 0.2) is 42.5 Å². The minimum atomic E-state index is -0.188. The zero-order valence-electron chi connectivity index (χ0n) is 10.8. The number of amides is 1. The van der Waals surface area contributed by atoms with Crippen molar-refractivity contribution in [3.8, 4) is 5.75 Å². The lowest BCUT2D eigenvalue weighted by Gasteiger charge is -2.07. The first-order valence-corrected chi connectivity index (χ1v) is 6.55. The molecule has 5 heteroatoms. The Morgan fingerprint density at radius 2 is 1.90 bits per heavy atom. The zero-order valence-corrected chi connectivity index (χ0v) is 11.5. The SMILES string of the molecule is Nc1cc(C(=O)NCCc2ccc(O)cc2)ccc1Cl. The van der Waals surface area contributed by atoms with E-state index >= 15 is 0 Å². The maximum Gasteiger partial charge on any atom is 0.251 e. The predicted octanol–water partition coefficient (Wildman–Crippen LogP) is 2.60. The van der Waals surface area contributed by atoms with Crippen LogP contribution in [0.3, 0.4) is 0 Å². The van der Waals surface area contributed by atoms with Crippen LogP contribution in [0, 0.1) is 0 Å². The van der Waals surface area contributed by atoms with Crippen LogP contribution in [0.2, 0.25) is 5.02 Å². The standard InChI is InChI=1S/C15H15ClN2O2/c16-13-6-3-11(9-14(13)17)15(20)18-8-7-10-1-4-12(19)5-2-10/h1-6,9,19H,7-8,17H2,(H,18,20). The van der Waals surface area contributed by atoms with Crippen molar-refractivity contribution < 1.29 is 9.90 Å². The van der Waals surface area contributed by atoms with Gasteiger partial charge in [0.1, 0.15) is 5.75 Å². The average Bonchev–Trinajstić information content (AvgIpc) is 2.44. The normalized spacial score (nSPS) is 10.2. The minimum Gasteiger partial charge on any atom is -0.508 e. The Balaban J connectivity index is 1.88. The number of hydrogen-bond acceptors (Lipinski definition) is 3. The first-order valence-electron chi connectivity index (χ1n) is 6.17. The van der Waals surface area contributed by atoms with E-state index < -0.39 is 0 Å². The maximum atomic E-state index is 11.9. The van der Waals surface area contributed by atoms with Crippen LogP contribution in [0.25, 0.3) is 0 Å². The summed E-state index contributed by atoms with van der Waals surface area (Å²) in [7, 11) is 0. The van der Waals surface area contributed by atoms with Gasteiger partial charge in [0.2, 0.25) is 0 Å². The summed E-state index contributed by atoms with van der Waals surface area (Å²) in [5, 5.41) is 12.4. The zero-order chi connectivity index (χ0) is 14.5. The Morgan fingerprint density at radius 3 is 2.55 bits per heavy atom. The Morgan fingerprint density at radius 1 is 1.20 bits per heavy atom. The second kappa shape index (κ2) is 6.30. The van der Waals surface area contributed by atoms with E-state index in [1.807, 2.05) is 12.1 Å². The third-order valence-corrected chi connectivity index (χ3v) is 3.24. The van der Waals surface area contributed by atoms with Gasteiger partial charge in [-0.3, -0.25) is 4.79 Å². The third-order valence-electron chi connectivity index (χ3n) is 2.89. The lowest BCUT2D eigenvalue weighted by molar-refractivity contribution is 0.0954. The van der Waals surface area contributed by atoms with E-state index in [2.05, 4.69) is 5.32 Å². The summed E-state index contributed by atoms with van der Waals surface area (Å²) >= 11 is 5.81. The lowest BCUT2D eigenvalue weighted by Crippen LogP contribution is -2.25. The fraction of sp³-hybridized carbons (Fsp3) is 0.133. The van der Waals surface area contributed by atoms with E-state index in [0.29, 0.717) is 29.2 Å². The summed E-state index contributed by atoms with van der Waals surface area (Å²) in [6, 6.07) is 11.7. The number of aromatic hydroxyl groups is 1. The number of carbonyl (C=O) groups excluding carboxylic acids is 1. The number of hydrogen-bond donors (Lipinski definition) is 3. The molecule has 20 heavy (non-hydrogen) atoms. The van der Waals surface area contributed by atoms with Crippen LogP contribution in [-0.4, -0.2) is 17.6 Å². The van der Waals surface area contributed by atoms with Gasteiger partial charge in [0.25, 0.3) is 5.91 Å². The number of nitrogens with two attached hydrogens (primary N) is 1. The van der Waals surface area contributed by atoms with Gasteiger partial charge in [0.05, 0.1) is 10.7 Å². The van der Waals surface area contributed by atoms with Gasteiger partial charge in [-0.15, -0.1) is 0 Å². The van der Waals surface area contributed by atoms with Crippen molar-refractivity contribution in [1.82, 2.24) is 5.32 Å². The fourth-order valence-electron chi connectivity index (χ4n) is 1.77. The summed E-state index contributed by atoms with van der Waals surface area (Å²) in [4.78, 5) is 11.9. The molecule has 0 aromatic heterocycles. The van der Waals surface area contributed by atoms with Crippen LogP contribution in [0.4, 0.5) is 5.69 Å². The molecule has 2 aromatic carbocycles. The number of phenols is 1. The Hall–Kier alpha value is -2.20. The molecular weight excluding hydrogens is 276 g/mol. The van der Waals surface area contributed by atoms with Gasteiger partial charge in [0, 0.05) is 12.1 Å². The van der Waals surface area contributed by atoms with Crippen molar-refractivity contribution in [2.24, 2.45) is 0 Å². The predicted molar refractivity (Wildman–Crippen MR) is 80.0 cm³/mol. The van der Waals surface area contributed by atoms with Crippen molar-refractivity contribution in [3.05, 3.63) is 58.6 Å². The monoisotopic (exact) mass is 290 g/mol. The quantitative estimate of drug-likeness (QED) is 0.758. The molecule has 104 valence electrons. The molecule has 0 atom stereocenters. The molecule has 0 aliphatic carbocycles. The second-order valence-electron chi connectivity index (χ2n) is 4.41. The van der Waals surface area contributed by atoms with E-state index in [-0.39, 0.29) is 11.7 Å². The van der Waals surface area contributed by atoms with Gasteiger partial charge in [-0.1, -0.05) is 23.7 Å². The maximum absolute atomic E-state index is 11.9. The first-order chi connectivity index (χ1) is 9.56. The number of phenolic OH excluding ortho intramolecular Hbond substituents is 1. The average molecular weight is 291 g/mol. The lowest BCUT2D eigenvalue weighted by atomic mass is 10.1. The highest BCUT2D eigenvalue weighted by molar-refractivity contribution is 6.33. The summed E-state index contributed by atoms with van der Waals surface area (Å²) in [5.74, 6) is 0.0431. The molecule has 0 saturated carbocycles. The number of nitrogen functional groups attached to an aromatic ring is 1. The highest BCUT2D eigenvalue weighted by Crippen LogP contribution is 2.19. The summed E-state index contributed by atoms with van der Waals surface area (Å²) in [5.41, 5.74) is 7.57. The molecule has 0 fully saturated rings. The molecule has 4 N–H and O–H groups in total. The molecule has 0 heterocycles. The van der Waals surface area contributed by atoms with Crippen LogP contribution in [0.1, 0.15) is 15.9 Å². The molecule has 4 nitrogen and oxygen atoms in total. The van der Waals surface area contributed by atoms with Crippen LogP contribution in [-0.2, 0) is 6.42 Å². The second-order valence-corrected chi connectivity index (χ2v) is 4.82. The van der Waals surface area contributed by atoms with Gasteiger partial charge in [-0.2, -0.15) is 0 Å². The van der Waals surface area contributed by atoms with E-state index in [9.17, 15) is 9.90 Å². The van der Waals surface area contributed by atoms with Crippen molar-refractivity contribution in [1.29, 1.82) is 0 Å². The fourth-order valence-corrected chi connectivity index (χ4v) is 1.89. The van der Waals surface area contributed by atoms with E-state index in [1.165, 1.54) is 0 Å². The topological polar surface area (TPSA) is 75.4 Å². The van der Waals surface area contributed by atoms with Crippen molar-refractivity contribution in [2.45, 2.75) is 6.42 Å². The number of halogens is 1. The molecule has 0 spiro atoms. The highest BCUT2D eigenvalue weighted by Gasteiger charge is 2.06. The smallest absolute Gasteiger partial charge is 0.251 e. The van der Waals surface area contributed by atoms with E-state index in [0.717, 1.165) is 5.56 Å². The molecular formula is C15H15ClN2O2. The van der Waals surface area contributed by atoms with Crippen LogP contribution in [0.5, 0.6) is 5.75 Å². The largest absolute Gasteiger partial charge is 0.508 e. The Bertz CT molecular complexity index is 612. The van der Waals surface area contributed by atoms with Crippen molar-refractivity contribution in [2.75, 3.05) is 12.3 Å². The molecule has 0 aliphatic rings. The van der Waals surface area contributed by atoms with Gasteiger partial charge < -0.3 is 16.2 Å². The summed E-state index contributed by atoms with van der Waals surface area (Å²) in [6.45, 7) is 0.506. The number of anilines is 1. The first kappa shape index (κ1) is 14.2. The van der Waals surface area contributed by atoms with Crippen LogP contribution >= 0.6 is 11.6 Å². The van der Waals surface area contributed by atoms with Gasteiger partial charge in [-0.25, -0.2) is 0 Å². The molecule has 2 rings (SSSR count). The Kier molecular flexibility index (Phi) is 4.48. The van der Waals surface area contributed by atoms with Crippen molar-refractivity contribution in [3.63, 3.8) is 0 Å². The van der Waals surface area contributed by atoms with Crippen LogP contribution < -0.4 is 11.1 Å². The highest BCUT2D eigenvalue weighted by atomic mass is 35.5. The number of rotatable bonds is 4. The third kappa shape index (κ3) is 3.65. The molecule has 0 radical (unpaired) electrons. The summed E-state index contributed by atoms with van der Waals surface area (Å²) in [6.07, 6.45) is 0.690. The van der Waals surface area contributed by atoms with Gasteiger partial charge in [0.15, 0.2) is 0 Å². The van der Waals surface area contributed by atoms with E-state index in [4.69, 9.17) is 17.3 Å². The number of nitrogens with one attached hydrogen (secondary N) is 1. The van der Waals surface area contributed by atoms with Gasteiger partial charge >= 0.3 is 0 Å². The number of benzene rings is 2. The molecule has 0 bridgehead atoms. The molecule has 1 amide bonds. The van der Waals surface area contributed by atoms with Crippen molar-refractivity contribution >= 4 is 23.2 Å². The minimum absolute atomic E-state index is 0.188. The molecule has 0 saturated heterocycles. The summed E-state index contributed by atoms with van der Waals surface area (Å²) < 4.78 is 0. The van der Waals surface area contributed by atoms with E-state index in [1.54, 1.807) is 30.3 Å².